The predicted molar refractivity (Wildman–Crippen MR) is 71.1 cm³/mol. The van der Waals surface area contributed by atoms with Gasteiger partial charge >= 0.3 is 0 Å². The fourth-order valence-corrected chi connectivity index (χ4v) is 3.79. The third-order valence-electron chi connectivity index (χ3n) is 2.12. The molecule has 1 aromatic rings. The van der Waals surface area contributed by atoms with Crippen LogP contribution in [0.2, 0.25) is 0 Å². The maximum atomic E-state index is 11.9. The van der Waals surface area contributed by atoms with Crippen molar-refractivity contribution in [3.8, 4) is 0 Å². The van der Waals surface area contributed by atoms with Gasteiger partial charge < -0.3 is 10.2 Å². The molecule has 18 heavy (non-hydrogen) atoms. The van der Waals surface area contributed by atoms with Gasteiger partial charge in [0.15, 0.2) is 0 Å². The molecule has 0 aliphatic carbocycles. The topological polar surface area (TPSA) is 86.6 Å². The largest absolute Gasteiger partial charge is 0.394 e. The van der Waals surface area contributed by atoms with Crippen LogP contribution >= 0.6 is 11.8 Å². The molecular formula is C11H17NO4S2. The lowest BCUT2D eigenvalue weighted by molar-refractivity contribution is 0.113. The minimum absolute atomic E-state index is 0.196. The molecule has 0 radical (unpaired) electrons. The fourth-order valence-electron chi connectivity index (χ4n) is 1.30. The Balaban J connectivity index is 2.93. The molecule has 7 heteroatoms. The van der Waals surface area contributed by atoms with Gasteiger partial charge in [0.25, 0.3) is 0 Å². The zero-order valence-corrected chi connectivity index (χ0v) is 11.7. The molecule has 5 nitrogen and oxygen atoms in total. The lowest BCUT2D eigenvalue weighted by atomic mass is 10.4. The van der Waals surface area contributed by atoms with Crippen molar-refractivity contribution in [2.75, 3.05) is 18.9 Å². The molecule has 0 heterocycles. The number of hydrogen-bond acceptors (Lipinski definition) is 5. The Morgan fingerprint density at radius 2 is 2.06 bits per heavy atom. The molecule has 1 aromatic carbocycles. The summed E-state index contributed by atoms with van der Waals surface area (Å²) in [5.74, 6) is 0.245. The van der Waals surface area contributed by atoms with Gasteiger partial charge in [-0.2, -0.15) is 0 Å². The Morgan fingerprint density at radius 3 is 2.67 bits per heavy atom. The van der Waals surface area contributed by atoms with Crippen LogP contribution < -0.4 is 4.72 Å². The molecule has 0 aliphatic heterocycles. The van der Waals surface area contributed by atoms with E-state index in [1.165, 1.54) is 17.8 Å². The van der Waals surface area contributed by atoms with Gasteiger partial charge in [0.2, 0.25) is 10.0 Å². The molecular weight excluding hydrogens is 274 g/mol. The summed E-state index contributed by atoms with van der Waals surface area (Å²) in [7, 11) is -3.51. The Morgan fingerprint density at radius 1 is 1.39 bits per heavy atom. The number of hydrogen-bond donors (Lipinski definition) is 3. The van der Waals surface area contributed by atoms with Crippen LogP contribution in [0.4, 0.5) is 0 Å². The number of aliphatic hydroxyl groups excluding tert-OH is 2. The van der Waals surface area contributed by atoms with Crippen molar-refractivity contribution >= 4 is 21.8 Å². The molecule has 0 aliphatic rings. The summed E-state index contributed by atoms with van der Waals surface area (Å²) >= 11 is 1.20. The van der Waals surface area contributed by atoms with Crippen LogP contribution in [0, 0.1) is 0 Å². The van der Waals surface area contributed by atoms with Gasteiger partial charge in [-0.15, -0.1) is 11.8 Å². The van der Waals surface area contributed by atoms with E-state index in [1.807, 2.05) is 0 Å². The van der Waals surface area contributed by atoms with Crippen molar-refractivity contribution in [1.82, 2.24) is 4.72 Å². The molecule has 0 fully saturated rings. The lowest BCUT2D eigenvalue weighted by Gasteiger charge is -2.11. The number of thioether (sulfide) groups is 1. The predicted octanol–water partition coefficient (Wildman–Crippen LogP) is 0.430. The highest BCUT2D eigenvalue weighted by Crippen LogP contribution is 2.26. The number of benzene rings is 1. The van der Waals surface area contributed by atoms with Crippen molar-refractivity contribution in [2.24, 2.45) is 0 Å². The molecule has 0 saturated carbocycles. The van der Waals surface area contributed by atoms with Crippen LogP contribution in [0.5, 0.6) is 0 Å². The first kappa shape index (κ1) is 15.5. The van der Waals surface area contributed by atoms with Crippen molar-refractivity contribution in [1.29, 1.82) is 0 Å². The first-order valence-corrected chi connectivity index (χ1v) is 7.98. The second-order valence-electron chi connectivity index (χ2n) is 3.60. The van der Waals surface area contributed by atoms with Crippen LogP contribution in [0.15, 0.2) is 34.1 Å². The lowest BCUT2D eigenvalue weighted by Crippen LogP contribution is -2.24. The average Bonchev–Trinajstić information content (AvgIpc) is 2.36. The molecule has 1 unspecified atom stereocenters. The number of aliphatic hydroxyl groups is 2. The molecule has 0 aromatic heterocycles. The summed E-state index contributed by atoms with van der Waals surface area (Å²) in [6.07, 6.45) is -0.857. The molecule has 3 N–H and O–H groups in total. The van der Waals surface area contributed by atoms with E-state index >= 15 is 0 Å². The van der Waals surface area contributed by atoms with Crippen LogP contribution in [0.3, 0.4) is 0 Å². The van der Waals surface area contributed by atoms with Crippen LogP contribution in [-0.2, 0) is 10.0 Å². The van der Waals surface area contributed by atoms with Gasteiger partial charge in [0.05, 0.1) is 17.6 Å². The molecule has 1 atom stereocenters. The number of sulfonamides is 1. The first-order valence-electron chi connectivity index (χ1n) is 5.51. The highest BCUT2D eigenvalue weighted by molar-refractivity contribution is 8.00. The van der Waals surface area contributed by atoms with Crippen LogP contribution in [0.1, 0.15) is 6.92 Å². The maximum absolute atomic E-state index is 11.9. The smallest absolute Gasteiger partial charge is 0.241 e. The normalized spacial score (nSPS) is 13.5. The fraction of sp³-hybridized carbons (Fsp3) is 0.455. The third-order valence-corrected chi connectivity index (χ3v) is 5.07. The molecule has 0 saturated heterocycles. The number of rotatable bonds is 7. The molecule has 0 spiro atoms. The highest BCUT2D eigenvalue weighted by Gasteiger charge is 2.17. The maximum Gasteiger partial charge on any atom is 0.241 e. The zero-order chi connectivity index (χ0) is 13.6. The Bertz CT molecular complexity index is 476. The van der Waals surface area contributed by atoms with Gasteiger partial charge in [0.1, 0.15) is 0 Å². The quantitative estimate of drug-likeness (QED) is 0.634. The van der Waals surface area contributed by atoms with Gasteiger partial charge in [-0.1, -0.05) is 19.1 Å². The molecule has 0 amide bonds. The zero-order valence-electron chi connectivity index (χ0n) is 10.0. The van der Waals surface area contributed by atoms with E-state index in [0.29, 0.717) is 11.4 Å². The first-order chi connectivity index (χ1) is 8.51. The molecule has 1 rings (SSSR count). The van der Waals surface area contributed by atoms with Crippen molar-refractivity contribution in [2.45, 2.75) is 22.8 Å². The van der Waals surface area contributed by atoms with Crippen LogP contribution in [0.25, 0.3) is 0 Å². The summed E-state index contributed by atoms with van der Waals surface area (Å²) < 4.78 is 26.3. The van der Waals surface area contributed by atoms with E-state index in [1.54, 1.807) is 25.1 Å². The Kier molecular flexibility index (Phi) is 6.10. The summed E-state index contributed by atoms with van der Waals surface area (Å²) in [4.78, 5) is 0.757. The van der Waals surface area contributed by atoms with E-state index < -0.39 is 16.1 Å². The highest BCUT2D eigenvalue weighted by atomic mass is 32.2. The minimum Gasteiger partial charge on any atom is -0.394 e. The van der Waals surface area contributed by atoms with Gasteiger partial charge in [-0.3, -0.25) is 0 Å². The number of nitrogens with one attached hydrogen (secondary N) is 1. The van der Waals surface area contributed by atoms with E-state index in [2.05, 4.69) is 4.72 Å². The molecule has 0 bridgehead atoms. The summed E-state index contributed by atoms with van der Waals surface area (Å²) in [6.45, 7) is 1.69. The summed E-state index contributed by atoms with van der Waals surface area (Å²) in [5.41, 5.74) is 0. The summed E-state index contributed by atoms with van der Waals surface area (Å²) in [6, 6.07) is 6.58. The summed E-state index contributed by atoms with van der Waals surface area (Å²) in [5, 5.41) is 18.0. The Labute approximate surface area is 111 Å². The van der Waals surface area contributed by atoms with E-state index in [0.717, 1.165) is 0 Å². The van der Waals surface area contributed by atoms with Crippen molar-refractivity contribution in [3.05, 3.63) is 24.3 Å². The van der Waals surface area contributed by atoms with E-state index in [4.69, 9.17) is 5.11 Å². The molecule has 102 valence electrons. The van der Waals surface area contributed by atoms with Gasteiger partial charge in [-0.05, 0) is 12.1 Å². The monoisotopic (exact) mass is 291 g/mol. The van der Waals surface area contributed by atoms with Crippen molar-refractivity contribution < 1.29 is 18.6 Å². The van der Waals surface area contributed by atoms with E-state index in [-0.39, 0.29) is 17.3 Å². The average molecular weight is 291 g/mol. The van der Waals surface area contributed by atoms with Crippen molar-refractivity contribution in [3.63, 3.8) is 0 Å². The second kappa shape index (κ2) is 7.10. The van der Waals surface area contributed by atoms with Gasteiger partial charge in [0, 0.05) is 17.2 Å². The standard InChI is InChI=1S/C11H17NO4S2/c1-2-12-18(15,16)11-6-4-3-5-10(11)17-8-9(14)7-13/h3-6,9,12-14H,2,7-8H2,1H3. The van der Waals surface area contributed by atoms with E-state index in [9.17, 15) is 13.5 Å². The van der Waals surface area contributed by atoms with Gasteiger partial charge in [-0.25, -0.2) is 13.1 Å². The third kappa shape index (κ3) is 4.25. The Hall–Kier alpha value is -0.600. The SMILES string of the molecule is CCNS(=O)(=O)c1ccccc1SCC(O)CO. The second-order valence-corrected chi connectivity index (χ2v) is 6.39. The van der Waals surface area contributed by atoms with Crippen LogP contribution in [-0.4, -0.2) is 43.6 Å². The minimum atomic E-state index is -3.51.